The lowest BCUT2D eigenvalue weighted by Gasteiger charge is -2.32. The summed E-state index contributed by atoms with van der Waals surface area (Å²) in [5, 5.41) is 11.6. The third-order valence-electron chi connectivity index (χ3n) is 3.45. The van der Waals surface area contributed by atoms with Crippen LogP contribution in [0.2, 0.25) is 0 Å². The molecule has 3 atom stereocenters. The summed E-state index contributed by atoms with van der Waals surface area (Å²) in [5.41, 5.74) is 0. The molecule has 17 heavy (non-hydrogen) atoms. The van der Waals surface area contributed by atoms with E-state index in [1.807, 2.05) is 13.8 Å². The van der Waals surface area contributed by atoms with Gasteiger partial charge in [-0.15, -0.1) is 0 Å². The molecule has 1 amide bonds. The fourth-order valence-corrected chi connectivity index (χ4v) is 2.03. The van der Waals surface area contributed by atoms with E-state index in [4.69, 9.17) is 9.84 Å². The molecule has 0 aromatic rings. The SMILES string of the molecule is COC(CNC(=O)C1CCC1C(=O)O)C(C)C. The van der Waals surface area contributed by atoms with Gasteiger partial charge < -0.3 is 15.2 Å². The maximum absolute atomic E-state index is 11.8. The Morgan fingerprint density at radius 2 is 1.94 bits per heavy atom. The van der Waals surface area contributed by atoms with Gasteiger partial charge in [0.2, 0.25) is 5.91 Å². The molecule has 0 aromatic carbocycles. The van der Waals surface area contributed by atoms with Crippen LogP contribution < -0.4 is 5.32 Å². The van der Waals surface area contributed by atoms with Crippen LogP contribution in [0.25, 0.3) is 0 Å². The minimum absolute atomic E-state index is 0.0256. The average molecular weight is 243 g/mol. The highest BCUT2D eigenvalue weighted by atomic mass is 16.5. The van der Waals surface area contributed by atoms with E-state index in [1.54, 1.807) is 7.11 Å². The predicted molar refractivity (Wildman–Crippen MR) is 62.5 cm³/mol. The summed E-state index contributed by atoms with van der Waals surface area (Å²) < 4.78 is 5.24. The average Bonchev–Trinajstić information content (AvgIpc) is 2.15. The van der Waals surface area contributed by atoms with Gasteiger partial charge in [0.05, 0.1) is 17.9 Å². The molecular formula is C12H21NO4. The van der Waals surface area contributed by atoms with E-state index in [0.29, 0.717) is 25.3 Å². The summed E-state index contributed by atoms with van der Waals surface area (Å²) in [6.07, 6.45) is 1.25. The standard InChI is InChI=1S/C12H21NO4/c1-7(2)10(17-3)6-13-11(14)8-4-5-9(8)12(15)16/h7-10H,4-6H2,1-3H3,(H,13,14)(H,15,16). The zero-order valence-electron chi connectivity index (χ0n) is 10.6. The second-order valence-electron chi connectivity index (χ2n) is 4.89. The van der Waals surface area contributed by atoms with E-state index < -0.39 is 11.9 Å². The normalized spacial score (nSPS) is 25.2. The number of aliphatic carboxylic acids is 1. The van der Waals surface area contributed by atoms with Gasteiger partial charge in [-0.25, -0.2) is 0 Å². The molecule has 3 unspecified atom stereocenters. The van der Waals surface area contributed by atoms with Crippen molar-refractivity contribution in [2.75, 3.05) is 13.7 Å². The molecule has 5 nitrogen and oxygen atoms in total. The van der Waals surface area contributed by atoms with Crippen molar-refractivity contribution < 1.29 is 19.4 Å². The molecular weight excluding hydrogens is 222 g/mol. The molecule has 2 N–H and O–H groups in total. The molecule has 0 heterocycles. The van der Waals surface area contributed by atoms with Crippen LogP contribution in [0.4, 0.5) is 0 Å². The molecule has 1 aliphatic rings. The highest BCUT2D eigenvalue weighted by Crippen LogP contribution is 2.34. The van der Waals surface area contributed by atoms with Crippen molar-refractivity contribution in [1.29, 1.82) is 0 Å². The zero-order chi connectivity index (χ0) is 13.0. The molecule has 5 heteroatoms. The summed E-state index contributed by atoms with van der Waals surface area (Å²) in [4.78, 5) is 22.5. The third-order valence-corrected chi connectivity index (χ3v) is 3.45. The molecule has 0 spiro atoms. The molecule has 0 saturated heterocycles. The smallest absolute Gasteiger partial charge is 0.307 e. The number of carboxylic acids is 1. The van der Waals surface area contributed by atoms with Crippen molar-refractivity contribution in [3.63, 3.8) is 0 Å². The first kappa shape index (κ1) is 14.0. The lowest BCUT2D eigenvalue weighted by molar-refractivity contribution is -0.152. The molecule has 0 radical (unpaired) electrons. The second kappa shape index (κ2) is 6.00. The van der Waals surface area contributed by atoms with Gasteiger partial charge in [-0.2, -0.15) is 0 Å². The minimum atomic E-state index is -0.872. The summed E-state index contributed by atoms with van der Waals surface area (Å²) in [6, 6.07) is 0. The molecule has 1 aliphatic carbocycles. The monoisotopic (exact) mass is 243 g/mol. The van der Waals surface area contributed by atoms with Crippen LogP contribution in [-0.4, -0.2) is 36.7 Å². The number of carbonyl (C=O) groups is 2. The lowest BCUT2D eigenvalue weighted by Crippen LogP contribution is -2.46. The van der Waals surface area contributed by atoms with Crippen LogP contribution in [0.5, 0.6) is 0 Å². The first-order valence-corrected chi connectivity index (χ1v) is 6.00. The van der Waals surface area contributed by atoms with E-state index in [9.17, 15) is 9.59 Å². The topological polar surface area (TPSA) is 75.6 Å². The number of carbonyl (C=O) groups excluding carboxylic acids is 1. The molecule has 0 aliphatic heterocycles. The number of rotatable bonds is 6. The Bertz CT molecular complexity index is 290. The Hall–Kier alpha value is -1.10. The van der Waals surface area contributed by atoms with Crippen LogP contribution in [0.1, 0.15) is 26.7 Å². The highest BCUT2D eigenvalue weighted by Gasteiger charge is 2.41. The molecule has 0 aromatic heterocycles. The van der Waals surface area contributed by atoms with Crippen molar-refractivity contribution in [2.24, 2.45) is 17.8 Å². The van der Waals surface area contributed by atoms with Gasteiger partial charge in [0.25, 0.3) is 0 Å². The van der Waals surface area contributed by atoms with E-state index in [2.05, 4.69) is 5.32 Å². The van der Waals surface area contributed by atoms with Crippen molar-refractivity contribution in [2.45, 2.75) is 32.8 Å². The maximum atomic E-state index is 11.8. The summed E-state index contributed by atoms with van der Waals surface area (Å²) in [6.45, 7) is 4.48. The summed E-state index contributed by atoms with van der Waals surface area (Å²) >= 11 is 0. The largest absolute Gasteiger partial charge is 0.481 e. The number of amides is 1. The van der Waals surface area contributed by atoms with Crippen LogP contribution in [0.3, 0.4) is 0 Å². The van der Waals surface area contributed by atoms with Gasteiger partial charge in [-0.1, -0.05) is 13.8 Å². The molecule has 98 valence electrons. The zero-order valence-corrected chi connectivity index (χ0v) is 10.6. The van der Waals surface area contributed by atoms with Gasteiger partial charge in [0, 0.05) is 13.7 Å². The highest BCUT2D eigenvalue weighted by molar-refractivity contribution is 5.86. The first-order valence-electron chi connectivity index (χ1n) is 6.00. The molecule has 1 rings (SSSR count). The van der Waals surface area contributed by atoms with E-state index in [-0.39, 0.29) is 17.9 Å². The van der Waals surface area contributed by atoms with Crippen molar-refractivity contribution in [3.8, 4) is 0 Å². The lowest BCUT2D eigenvalue weighted by atomic mass is 9.73. The molecule has 1 fully saturated rings. The number of methoxy groups -OCH3 is 1. The van der Waals surface area contributed by atoms with Crippen LogP contribution in [0, 0.1) is 17.8 Å². The summed E-state index contributed by atoms with van der Waals surface area (Å²) in [7, 11) is 1.61. The van der Waals surface area contributed by atoms with Gasteiger partial charge >= 0.3 is 5.97 Å². The van der Waals surface area contributed by atoms with Gasteiger partial charge in [-0.3, -0.25) is 9.59 Å². The quantitative estimate of drug-likeness (QED) is 0.726. The fraction of sp³-hybridized carbons (Fsp3) is 0.833. The Balaban J connectivity index is 2.37. The minimum Gasteiger partial charge on any atom is -0.481 e. The number of hydrogen-bond donors (Lipinski definition) is 2. The Labute approximate surface area is 102 Å². The van der Waals surface area contributed by atoms with Crippen LogP contribution in [0.15, 0.2) is 0 Å². The number of ether oxygens (including phenoxy) is 1. The van der Waals surface area contributed by atoms with E-state index >= 15 is 0 Å². The molecule has 1 saturated carbocycles. The predicted octanol–water partition coefficient (Wildman–Crippen LogP) is 0.884. The Kier molecular flexibility index (Phi) is 4.93. The van der Waals surface area contributed by atoms with Crippen LogP contribution >= 0.6 is 0 Å². The van der Waals surface area contributed by atoms with E-state index in [0.717, 1.165) is 0 Å². The van der Waals surface area contributed by atoms with Crippen molar-refractivity contribution >= 4 is 11.9 Å². The number of hydrogen-bond acceptors (Lipinski definition) is 3. The van der Waals surface area contributed by atoms with Gasteiger partial charge in [0.15, 0.2) is 0 Å². The van der Waals surface area contributed by atoms with Gasteiger partial charge in [0.1, 0.15) is 0 Å². The number of nitrogens with one attached hydrogen (secondary N) is 1. The van der Waals surface area contributed by atoms with E-state index in [1.165, 1.54) is 0 Å². The van der Waals surface area contributed by atoms with Crippen molar-refractivity contribution in [1.82, 2.24) is 5.32 Å². The maximum Gasteiger partial charge on any atom is 0.307 e. The molecule has 0 bridgehead atoms. The Morgan fingerprint density at radius 3 is 2.29 bits per heavy atom. The third kappa shape index (κ3) is 3.43. The van der Waals surface area contributed by atoms with Gasteiger partial charge in [-0.05, 0) is 18.8 Å². The summed E-state index contributed by atoms with van der Waals surface area (Å²) in [5.74, 6) is -1.58. The van der Waals surface area contributed by atoms with Crippen LogP contribution in [-0.2, 0) is 14.3 Å². The Morgan fingerprint density at radius 1 is 1.35 bits per heavy atom. The second-order valence-corrected chi connectivity index (χ2v) is 4.89. The number of carboxylic acid groups (broad SMARTS) is 1. The first-order chi connectivity index (χ1) is 7.97. The van der Waals surface area contributed by atoms with Crippen molar-refractivity contribution in [3.05, 3.63) is 0 Å². The fourth-order valence-electron chi connectivity index (χ4n) is 2.03.